The Morgan fingerprint density at radius 2 is 2.20 bits per heavy atom. The number of hydrogen-bond acceptors (Lipinski definition) is 3. The van der Waals surface area contributed by atoms with Crippen molar-refractivity contribution < 1.29 is 19.4 Å². The van der Waals surface area contributed by atoms with Gasteiger partial charge in [0, 0.05) is 17.1 Å². The lowest BCUT2D eigenvalue weighted by Crippen LogP contribution is -2.27. The van der Waals surface area contributed by atoms with Crippen molar-refractivity contribution in [1.29, 1.82) is 0 Å². The van der Waals surface area contributed by atoms with Gasteiger partial charge >= 0.3 is 12.1 Å². The van der Waals surface area contributed by atoms with Gasteiger partial charge in [-0.15, -0.1) is 0 Å². The molecule has 0 aliphatic carbocycles. The first kappa shape index (κ1) is 16.5. The average molecular weight is 363 g/mol. The largest absolute Gasteiger partial charge is 0.478 e. The van der Waals surface area contributed by atoms with Crippen LogP contribution in [0.25, 0.3) is 0 Å². The third-order valence-electron chi connectivity index (χ3n) is 2.30. The predicted molar refractivity (Wildman–Crippen MR) is 79.2 cm³/mol. The number of carbonyl (C=O) groups is 2. The molecule has 0 unspecified atom stereocenters. The van der Waals surface area contributed by atoms with Gasteiger partial charge < -0.3 is 15.2 Å². The normalized spacial score (nSPS) is 11.1. The number of carboxylic acids is 1. The van der Waals surface area contributed by atoms with Crippen LogP contribution in [0.3, 0.4) is 0 Å². The van der Waals surface area contributed by atoms with Crippen LogP contribution < -0.4 is 10.1 Å². The Morgan fingerprint density at radius 3 is 2.80 bits per heavy atom. The molecule has 1 rings (SSSR count). The number of rotatable bonds is 5. The minimum Gasteiger partial charge on any atom is -0.478 e. The van der Waals surface area contributed by atoms with E-state index >= 15 is 0 Å². The summed E-state index contributed by atoms with van der Waals surface area (Å²) in [5.74, 6) is -0.623. The molecule has 1 amide bonds. The van der Waals surface area contributed by atoms with Gasteiger partial charge in [-0.1, -0.05) is 17.7 Å². The number of amides is 1. The van der Waals surface area contributed by atoms with Crippen molar-refractivity contribution in [3.05, 3.63) is 39.3 Å². The Hall–Kier alpha value is -1.53. The summed E-state index contributed by atoms with van der Waals surface area (Å²) < 4.78 is 5.63. The number of carboxylic acid groups (broad SMARTS) is 1. The zero-order valence-electron chi connectivity index (χ0n) is 10.7. The van der Waals surface area contributed by atoms with Gasteiger partial charge in [0.25, 0.3) is 0 Å². The average Bonchev–Trinajstić information content (AvgIpc) is 2.37. The molecule has 0 saturated heterocycles. The van der Waals surface area contributed by atoms with E-state index in [9.17, 15) is 9.59 Å². The van der Waals surface area contributed by atoms with Crippen LogP contribution >= 0.6 is 27.5 Å². The van der Waals surface area contributed by atoms with Crippen LogP contribution in [0.1, 0.15) is 13.3 Å². The van der Waals surface area contributed by atoms with E-state index in [-0.39, 0.29) is 12.1 Å². The van der Waals surface area contributed by atoms with Gasteiger partial charge in [0.2, 0.25) is 0 Å². The first-order chi connectivity index (χ1) is 9.40. The summed E-state index contributed by atoms with van der Waals surface area (Å²) in [6, 6.07) is 4.79. The summed E-state index contributed by atoms with van der Waals surface area (Å²) in [7, 11) is 0. The number of aliphatic carboxylic acids is 1. The summed E-state index contributed by atoms with van der Waals surface area (Å²) in [6.07, 6.45) is 1.32. The summed E-state index contributed by atoms with van der Waals surface area (Å²) in [5.41, 5.74) is 0.237. The predicted octanol–water partition coefficient (Wildman–Crippen LogP) is 3.61. The maximum absolute atomic E-state index is 11.5. The Bertz CT molecular complexity index is 545. The molecule has 0 bridgehead atoms. The summed E-state index contributed by atoms with van der Waals surface area (Å²) in [6.45, 7) is 1.78. The monoisotopic (exact) mass is 361 g/mol. The van der Waals surface area contributed by atoms with E-state index in [0.717, 1.165) is 0 Å². The van der Waals surface area contributed by atoms with E-state index in [4.69, 9.17) is 21.4 Å². The van der Waals surface area contributed by atoms with Gasteiger partial charge in [-0.2, -0.15) is 0 Å². The third kappa shape index (κ3) is 5.63. The van der Waals surface area contributed by atoms with E-state index in [1.165, 1.54) is 13.0 Å². The van der Waals surface area contributed by atoms with Gasteiger partial charge in [-0.3, -0.25) is 0 Å². The number of carbonyl (C=O) groups excluding carboxylic acids is 1. The minimum absolute atomic E-state index is 0.237. The number of halogens is 2. The zero-order chi connectivity index (χ0) is 15.1. The van der Waals surface area contributed by atoms with Crippen LogP contribution in [0.2, 0.25) is 5.02 Å². The standard InChI is InChI=1S/C13H13BrClNO4/c1-8(12(17)18)3-2-6-16-13(19)20-11-5-4-9(15)7-10(11)14/h3-5,7H,2,6H2,1H3,(H,16,19)(H,17,18)/b8-3+. The molecule has 7 heteroatoms. The number of nitrogens with one attached hydrogen (secondary N) is 1. The van der Waals surface area contributed by atoms with Crippen LogP contribution in [0.4, 0.5) is 4.79 Å². The lowest BCUT2D eigenvalue weighted by atomic mass is 10.2. The second-order valence-electron chi connectivity index (χ2n) is 3.87. The van der Waals surface area contributed by atoms with Crippen LogP contribution in [0, 0.1) is 0 Å². The fourth-order valence-corrected chi connectivity index (χ4v) is 2.01. The first-order valence-electron chi connectivity index (χ1n) is 5.71. The lowest BCUT2D eigenvalue weighted by Gasteiger charge is -2.07. The molecule has 0 aliphatic heterocycles. The van der Waals surface area contributed by atoms with Crippen LogP contribution in [-0.4, -0.2) is 23.7 Å². The molecule has 0 aliphatic rings. The highest BCUT2D eigenvalue weighted by atomic mass is 79.9. The molecule has 20 heavy (non-hydrogen) atoms. The van der Waals surface area contributed by atoms with Gasteiger partial charge in [-0.05, 0) is 47.5 Å². The van der Waals surface area contributed by atoms with Crippen LogP contribution in [0.5, 0.6) is 5.75 Å². The summed E-state index contributed by atoms with van der Waals surface area (Å²) in [5, 5.41) is 11.7. The van der Waals surface area contributed by atoms with Crippen LogP contribution in [-0.2, 0) is 4.79 Å². The maximum Gasteiger partial charge on any atom is 0.412 e. The fraction of sp³-hybridized carbons (Fsp3) is 0.231. The van der Waals surface area contributed by atoms with Crippen molar-refractivity contribution in [2.45, 2.75) is 13.3 Å². The lowest BCUT2D eigenvalue weighted by molar-refractivity contribution is -0.132. The van der Waals surface area contributed by atoms with Gasteiger partial charge in [0.15, 0.2) is 0 Å². The minimum atomic E-state index is -0.974. The molecule has 0 atom stereocenters. The second-order valence-corrected chi connectivity index (χ2v) is 5.16. The van der Waals surface area contributed by atoms with Crippen molar-refractivity contribution in [2.24, 2.45) is 0 Å². The van der Waals surface area contributed by atoms with Crippen LogP contribution in [0.15, 0.2) is 34.3 Å². The molecule has 1 aromatic carbocycles. The number of hydrogen-bond donors (Lipinski definition) is 2. The molecule has 0 radical (unpaired) electrons. The summed E-state index contributed by atoms with van der Waals surface area (Å²) >= 11 is 9.00. The van der Waals surface area contributed by atoms with Gasteiger partial charge in [0.05, 0.1) is 4.47 Å². The molecular formula is C13H13BrClNO4. The molecular weight excluding hydrogens is 350 g/mol. The quantitative estimate of drug-likeness (QED) is 0.620. The fourth-order valence-electron chi connectivity index (χ4n) is 1.24. The maximum atomic E-state index is 11.5. The first-order valence-corrected chi connectivity index (χ1v) is 6.88. The van der Waals surface area contributed by atoms with E-state index < -0.39 is 12.1 Å². The Balaban J connectivity index is 2.41. The highest BCUT2D eigenvalue weighted by molar-refractivity contribution is 9.10. The van der Waals surface area contributed by atoms with Crippen molar-refractivity contribution in [3.8, 4) is 5.75 Å². The van der Waals surface area contributed by atoms with E-state index in [0.29, 0.717) is 21.7 Å². The second kappa shape index (κ2) is 7.91. The van der Waals surface area contributed by atoms with Gasteiger partial charge in [0.1, 0.15) is 5.75 Å². The van der Waals surface area contributed by atoms with Gasteiger partial charge in [-0.25, -0.2) is 9.59 Å². The van der Waals surface area contributed by atoms with Crippen molar-refractivity contribution in [1.82, 2.24) is 5.32 Å². The molecule has 0 aromatic heterocycles. The Kier molecular flexibility index (Phi) is 6.54. The molecule has 0 fully saturated rings. The zero-order valence-corrected chi connectivity index (χ0v) is 13.0. The van der Waals surface area contributed by atoms with Crippen molar-refractivity contribution >= 4 is 39.6 Å². The topological polar surface area (TPSA) is 75.6 Å². The summed E-state index contributed by atoms with van der Waals surface area (Å²) in [4.78, 5) is 22.0. The van der Waals surface area contributed by atoms with E-state index in [1.54, 1.807) is 18.2 Å². The Labute approximate surface area is 129 Å². The number of benzene rings is 1. The number of ether oxygens (including phenoxy) is 1. The highest BCUT2D eigenvalue weighted by Crippen LogP contribution is 2.27. The molecule has 0 spiro atoms. The van der Waals surface area contributed by atoms with E-state index in [2.05, 4.69) is 21.2 Å². The third-order valence-corrected chi connectivity index (χ3v) is 3.15. The Morgan fingerprint density at radius 1 is 1.50 bits per heavy atom. The molecule has 0 saturated carbocycles. The molecule has 2 N–H and O–H groups in total. The molecule has 5 nitrogen and oxygen atoms in total. The van der Waals surface area contributed by atoms with Crippen molar-refractivity contribution in [2.75, 3.05) is 6.54 Å². The molecule has 108 valence electrons. The van der Waals surface area contributed by atoms with E-state index in [1.807, 2.05) is 0 Å². The SMILES string of the molecule is C/C(=C\CCNC(=O)Oc1ccc(Cl)cc1Br)C(=O)O. The highest BCUT2D eigenvalue weighted by Gasteiger charge is 2.07. The molecule has 0 heterocycles. The molecule has 1 aromatic rings. The van der Waals surface area contributed by atoms with Crippen molar-refractivity contribution in [3.63, 3.8) is 0 Å². The smallest absolute Gasteiger partial charge is 0.412 e.